The Balaban J connectivity index is 2.59. The van der Waals surface area contributed by atoms with Crippen molar-refractivity contribution >= 4 is 41.4 Å². The Bertz CT molecular complexity index is 672. The average molecular weight is 311 g/mol. The number of amides is 1. The van der Waals surface area contributed by atoms with Crippen LogP contribution in [0, 0.1) is 0 Å². The molecule has 1 amide bonds. The van der Waals surface area contributed by atoms with E-state index in [0.29, 0.717) is 22.6 Å². The highest BCUT2D eigenvalue weighted by Gasteiger charge is 2.16. The van der Waals surface area contributed by atoms with Gasteiger partial charge in [0.25, 0.3) is 0 Å². The maximum atomic E-state index is 11.2. The molecule has 1 aromatic carbocycles. The van der Waals surface area contributed by atoms with E-state index in [-0.39, 0.29) is 16.5 Å². The van der Waals surface area contributed by atoms with Gasteiger partial charge < -0.3 is 10.4 Å². The predicted octanol–water partition coefficient (Wildman–Crippen LogP) is 3.32. The summed E-state index contributed by atoms with van der Waals surface area (Å²) in [7, 11) is 0. The van der Waals surface area contributed by atoms with Gasteiger partial charge in [-0.15, -0.1) is 0 Å². The maximum Gasteiger partial charge on any atom is 0.339 e. The number of aromatic carboxylic acids is 1. The minimum atomic E-state index is -1.21. The zero-order valence-corrected chi connectivity index (χ0v) is 11.4. The summed E-state index contributed by atoms with van der Waals surface area (Å²) in [4.78, 5) is 25.5. The van der Waals surface area contributed by atoms with Gasteiger partial charge in [0.1, 0.15) is 16.5 Å². The molecule has 0 aliphatic rings. The summed E-state index contributed by atoms with van der Waals surface area (Å²) in [6.07, 6.45) is 0.340. The second kappa shape index (κ2) is 5.90. The molecule has 2 rings (SSSR count). The van der Waals surface area contributed by atoms with Crippen molar-refractivity contribution in [1.29, 1.82) is 0 Å². The number of anilines is 1. The Morgan fingerprint density at radius 3 is 2.45 bits per heavy atom. The molecule has 7 heteroatoms. The van der Waals surface area contributed by atoms with Crippen LogP contribution in [0.2, 0.25) is 10.2 Å². The molecule has 0 aliphatic heterocycles. The SMILES string of the molecule is O=CNc1nc(Cl)c(-c2ccc(Cl)cc2)cc1C(=O)O. The number of hydrogen-bond donors (Lipinski definition) is 2. The monoisotopic (exact) mass is 310 g/mol. The number of hydrogen-bond acceptors (Lipinski definition) is 3. The number of carboxylic acid groups (broad SMARTS) is 1. The van der Waals surface area contributed by atoms with Crippen LogP contribution in [0.3, 0.4) is 0 Å². The second-order valence-corrected chi connectivity index (χ2v) is 4.59. The van der Waals surface area contributed by atoms with Crippen LogP contribution in [-0.2, 0) is 4.79 Å². The molecule has 1 aromatic heterocycles. The third kappa shape index (κ3) is 2.89. The third-order valence-corrected chi connectivity index (χ3v) is 3.10. The van der Waals surface area contributed by atoms with E-state index in [0.717, 1.165) is 0 Å². The van der Waals surface area contributed by atoms with Crippen LogP contribution in [0.1, 0.15) is 10.4 Å². The van der Waals surface area contributed by atoms with Crippen LogP contribution in [0.4, 0.5) is 5.82 Å². The summed E-state index contributed by atoms with van der Waals surface area (Å²) in [5, 5.41) is 12.0. The third-order valence-electron chi connectivity index (χ3n) is 2.56. The van der Waals surface area contributed by atoms with Gasteiger partial charge >= 0.3 is 5.97 Å². The van der Waals surface area contributed by atoms with Crippen molar-refractivity contribution < 1.29 is 14.7 Å². The van der Waals surface area contributed by atoms with Crippen LogP contribution in [-0.4, -0.2) is 22.5 Å². The lowest BCUT2D eigenvalue weighted by Crippen LogP contribution is -2.07. The van der Waals surface area contributed by atoms with Crippen molar-refractivity contribution in [3.05, 3.63) is 46.1 Å². The molecule has 2 N–H and O–H groups in total. The standard InChI is InChI=1S/C13H8Cl2N2O3/c14-8-3-1-7(2-4-8)9-5-10(13(19)20)12(16-6-18)17-11(9)15/h1-6H,(H,19,20)(H,16,17,18). The van der Waals surface area contributed by atoms with Crippen molar-refractivity contribution in [3.63, 3.8) is 0 Å². The van der Waals surface area contributed by atoms with Crippen molar-refractivity contribution in [3.8, 4) is 11.1 Å². The molecule has 0 fully saturated rings. The highest BCUT2D eigenvalue weighted by Crippen LogP contribution is 2.31. The first kappa shape index (κ1) is 14.3. The Labute approximate surface area is 124 Å². The lowest BCUT2D eigenvalue weighted by atomic mass is 10.1. The van der Waals surface area contributed by atoms with Crippen molar-refractivity contribution in [2.75, 3.05) is 5.32 Å². The molecular weight excluding hydrogens is 303 g/mol. The van der Waals surface area contributed by atoms with Gasteiger partial charge in [-0.2, -0.15) is 0 Å². The van der Waals surface area contributed by atoms with E-state index in [1.165, 1.54) is 6.07 Å². The number of carbonyl (C=O) groups excluding carboxylic acids is 1. The summed E-state index contributed by atoms with van der Waals surface area (Å²) in [6, 6.07) is 8.07. The van der Waals surface area contributed by atoms with E-state index in [4.69, 9.17) is 28.3 Å². The van der Waals surface area contributed by atoms with Gasteiger partial charge in [0.2, 0.25) is 6.41 Å². The van der Waals surface area contributed by atoms with Gasteiger partial charge in [0, 0.05) is 10.6 Å². The lowest BCUT2D eigenvalue weighted by molar-refractivity contribution is -0.105. The number of carbonyl (C=O) groups is 2. The molecular formula is C13H8Cl2N2O3. The van der Waals surface area contributed by atoms with Gasteiger partial charge in [-0.05, 0) is 23.8 Å². The maximum absolute atomic E-state index is 11.2. The number of nitrogens with one attached hydrogen (secondary N) is 1. The first-order valence-corrected chi connectivity index (χ1v) is 6.18. The van der Waals surface area contributed by atoms with Gasteiger partial charge in [0.05, 0.1) is 0 Å². The van der Waals surface area contributed by atoms with Crippen LogP contribution in [0.5, 0.6) is 0 Å². The Kier molecular flexibility index (Phi) is 4.22. The zero-order chi connectivity index (χ0) is 14.7. The van der Waals surface area contributed by atoms with E-state index in [2.05, 4.69) is 10.3 Å². The molecule has 5 nitrogen and oxygen atoms in total. The second-order valence-electron chi connectivity index (χ2n) is 3.80. The number of nitrogens with zero attached hydrogens (tertiary/aromatic N) is 1. The Morgan fingerprint density at radius 1 is 1.25 bits per heavy atom. The van der Waals surface area contributed by atoms with Crippen LogP contribution in [0.25, 0.3) is 11.1 Å². The van der Waals surface area contributed by atoms with E-state index < -0.39 is 5.97 Å². The Hall–Kier alpha value is -2.11. The van der Waals surface area contributed by atoms with E-state index in [1.807, 2.05) is 0 Å². The van der Waals surface area contributed by atoms with Gasteiger partial charge in [0.15, 0.2) is 0 Å². The number of rotatable bonds is 4. The summed E-state index contributed by atoms with van der Waals surface area (Å²) < 4.78 is 0. The summed E-state index contributed by atoms with van der Waals surface area (Å²) >= 11 is 11.8. The van der Waals surface area contributed by atoms with Gasteiger partial charge in [-0.25, -0.2) is 9.78 Å². The molecule has 0 bridgehead atoms. The quantitative estimate of drug-likeness (QED) is 0.670. The Morgan fingerprint density at radius 2 is 1.90 bits per heavy atom. The van der Waals surface area contributed by atoms with Crippen molar-refractivity contribution in [2.24, 2.45) is 0 Å². The molecule has 1 heterocycles. The molecule has 0 spiro atoms. The van der Waals surface area contributed by atoms with Crippen LogP contribution in [0.15, 0.2) is 30.3 Å². The average Bonchev–Trinajstić information content (AvgIpc) is 2.40. The highest BCUT2D eigenvalue weighted by atomic mass is 35.5. The van der Waals surface area contributed by atoms with E-state index >= 15 is 0 Å². The van der Waals surface area contributed by atoms with Crippen molar-refractivity contribution in [1.82, 2.24) is 4.98 Å². The number of pyridine rings is 1. The molecule has 2 aromatic rings. The molecule has 0 atom stereocenters. The van der Waals surface area contributed by atoms with Crippen LogP contribution >= 0.6 is 23.2 Å². The highest BCUT2D eigenvalue weighted by molar-refractivity contribution is 6.32. The summed E-state index contributed by atoms with van der Waals surface area (Å²) in [5.41, 5.74) is 0.968. The molecule has 0 unspecified atom stereocenters. The summed E-state index contributed by atoms with van der Waals surface area (Å²) in [5.74, 6) is -1.32. The molecule has 0 saturated carbocycles. The van der Waals surface area contributed by atoms with E-state index in [1.54, 1.807) is 24.3 Å². The number of aromatic nitrogens is 1. The molecule has 0 aliphatic carbocycles. The first-order valence-electron chi connectivity index (χ1n) is 5.43. The topological polar surface area (TPSA) is 79.3 Å². The summed E-state index contributed by atoms with van der Waals surface area (Å²) in [6.45, 7) is 0. The lowest BCUT2D eigenvalue weighted by Gasteiger charge is -2.09. The molecule has 102 valence electrons. The predicted molar refractivity (Wildman–Crippen MR) is 76.3 cm³/mol. The van der Waals surface area contributed by atoms with Gasteiger partial charge in [-0.3, -0.25) is 4.79 Å². The largest absolute Gasteiger partial charge is 0.478 e. The fraction of sp³-hybridized carbons (Fsp3) is 0. The van der Waals surface area contributed by atoms with Crippen LogP contribution < -0.4 is 5.32 Å². The van der Waals surface area contributed by atoms with E-state index in [9.17, 15) is 9.59 Å². The molecule has 20 heavy (non-hydrogen) atoms. The molecule has 0 radical (unpaired) electrons. The normalized spacial score (nSPS) is 10.1. The molecule has 0 saturated heterocycles. The fourth-order valence-electron chi connectivity index (χ4n) is 1.65. The number of benzene rings is 1. The zero-order valence-electron chi connectivity index (χ0n) is 9.93. The minimum Gasteiger partial charge on any atom is -0.478 e. The smallest absolute Gasteiger partial charge is 0.339 e. The number of carboxylic acids is 1. The number of halogens is 2. The fourth-order valence-corrected chi connectivity index (χ4v) is 2.03. The minimum absolute atomic E-state index is 0.0849. The first-order chi connectivity index (χ1) is 9.52. The van der Waals surface area contributed by atoms with Crippen molar-refractivity contribution in [2.45, 2.75) is 0 Å². The van der Waals surface area contributed by atoms with Gasteiger partial charge in [-0.1, -0.05) is 35.3 Å².